The number of aromatic hydroxyl groups is 1. The second-order valence-corrected chi connectivity index (χ2v) is 9.32. The monoisotopic (exact) mass is 414 g/mol. The molecular formula is C22H26N2O4S. The van der Waals surface area contributed by atoms with Crippen LogP contribution in [0.4, 0.5) is 5.69 Å². The third-order valence-electron chi connectivity index (χ3n) is 5.75. The molecule has 2 aromatic carbocycles. The van der Waals surface area contributed by atoms with Gasteiger partial charge < -0.3 is 15.2 Å². The summed E-state index contributed by atoms with van der Waals surface area (Å²) in [6, 6.07) is 10.8. The molecule has 154 valence electrons. The van der Waals surface area contributed by atoms with E-state index in [1.807, 2.05) is 19.1 Å². The lowest BCUT2D eigenvalue weighted by Crippen LogP contribution is -2.30. The van der Waals surface area contributed by atoms with E-state index >= 15 is 0 Å². The summed E-state index contributed by atoms with van der Waals surface area (Å²) in [4.78, 5) is 0.297. The Morgan fingerprint density at radius 3 is 2.79 bits per heavy atom. The molecule has 2 aromatic rings. The smallest absolute Gasteiger partial charge is 0.240 e. The van der Waals surface area contributed by atoms with Crippen LogP contribution in [0.5, 0.6) is 11.5 Å². The van der Waals surface area contributed by atoms with E-state index in [-0.39, 0.29) is 23.6 Å². The number of hydrogen-bond donors (Lipinski definition) is 3. The molecule has 0 bridgehead atoms. The number of phenols is 1. The Morgan fingerprint density at radius 1 is 1.24 bits per heavy atom. The van der Waals surface area contributed by atoms with Crippen LogP contribution >= 0.6 is 0 Å². The first-order valence-corrected chi connectivity index (χ1v) is 11.4. The second-order valence-electron chi connectivity index (χ2n) is 7.55. The van der Waals surface area contributed by atoms with Crippen LogP contribution in [0.1, 0.15) is 42.9 Å². The summed E-state index contributed by atoms with van der Waals surface area (Å²) in [5.74, 6) is 0.933. The maximum atomic E-state index is 12.6. The summed E-state index contributed by atoms with van der Waals surface area (Å²) in [7, 11) is -1.98. The van der Waals surface area contributed by atoms with Gasteiger partial charge in [0.15, 0.2) is 11.5 Å². The zero-order valence-corrected chi connectivity index (χ0v) is 17.4. The molecule has 1 aliphatic carbocycles. The fourth-order valence-corrected chi connectivity index (χ4v) is 5.46. The van der Waals surface area contributed by atoms with Crippen molar-refractivity contribution in [2.45, 2.75) is 36.6 Å². The number of nitrogens with one attached hydrogen (secondary N) is 2. The van der Waals surface area contributed by atoms with Crippen LogP contribution in [0.2, 0.25) is 0 Å². The van der Waals surface area contributed by atoms with Crippen LogP contribution in [-0.4, -0.2) is 27.2 Å². The van der Waals surface area contributed by atoms with E-state index in [1.165, 1.54) is 7.11 Å². The Bertz CT molecular complexity index is 1050. The van der Waals surface area contributed by atoms with E-state index < -0.39 is 10.0 Å². The summed E-state index contributed by atoms with van der Waals surface area (Å²) in [6.07, 6.45) is 5.95. The van der Waals surface area contributed by atoms with E-state index in [0.717, 1.165) is 29.7 Å². The van der Waals surface area contributed by atoms with Crippen LogP contribution in [-0.2, 0) is 10.0 Å². The molecule has 4 rings (SSSR count). The lowest BCUT2D eigenvalue weighted by Gasteiger charge is -2.37. The summed E-state index contributed by atoms with van der Waals surface area (Å²) >= 11 is 0. The number of methoxy groups -OCH3 is 1. The minimum atomic E-state index is -3.51. The standard InChI is InChI=1S/C22H26N2O4S/c1-3-11-23-29(26,27)15-8-9-19-18(13-15)16-5-4-6-17(16)22(24-19)14-7-10-21(28-2)20(25)12-14/h4-5,7-10,12-13,16-17,22-25H,3,6,11H2,1-2H3. The molecule has 2 aliphatic rings. The van der Waals surface area contributed by atoms with Gasteiger partial charge in [-0.3, -0.25) is 0 Å². The van der Waals surface area contributed by atoms with Crippen molar-refractivity contribution < 1.29 is 18.3 Å². The SMILES string of the molecule is CCCNS(=O)(=O)c1ccc2c(c1)C1C=CCC1C(c1ccc(OC)c(O)c1)N2. The molecule has 0 spiro atoms. The maximum Gasteiger partial charge on any atom is 0.240 e. The van der Waals surface area contributed by atoms with Gasteiger partial charge in [-0.1, -0.05) is 25.1 Å². The first-order valence-electron chi connectivity index (χ1n) is 9.88. The minimum absolute atomic E-state index is 0.0139. The molecule has 0 radical (unpaired) electrons. The predicted octanol–water partition coefficient (Wildman–Crippen LogP) is 3.92. The summed E-state index contributed by atoms with van der Waals surface area (Å²) in [5.41, 5.74) is 2.90. The van der Waals surface area contributed by atoms with Crippen molar-refractivity contribution in [2.75, 3.05) is 19.0 Å². The lowest BCUT2D eigenvalue weighted by atomic mass is 9.77. The molecule has 3 atom stereocenters. The number of fused-ring (bicyclic) bond motifs is 3. The highest BCUT2D eigenvalue weighted by Crippen LogP contribution is 2.50. The average Bonchev–Trinajstić information content (AvgIpc) is 3.21. The molecular weight excluding hydrogens is 388 g/mol. The van der Waals surface area contributed by atoms with Crippen LogP contribution in [0.15, 0.2) is 53.4 Å². The van der Waals surface area contributed by atoms with E-state index in [0.29, 0.717) is 17.2 Å². The fourth-order valence-electron chi connectivity index (χ4n) is 4.29. The molecule has 3 unspecified atom stereocenters. The Morgan fingerprint density at radius 2 is 2.07 bits per heavy atom. The topological polar surface area (TPSA) is 87.7 Å². The van der Waals surface area contributed by atoms with Crippen molar-refractivity contribution in [3.63, 3.8) is 0 Å². The fraction of sp³-hybridized carbons (Fsp3) is 0.364. The molecule has 6 nitrogen and oxygen atoms in total. The molecule has 29 heavy (non-hydrogen) atoms. The molecule has 1 heterocycles. The van der Waals surface area contributed by atoms with Gasteiger partial charge in [0.2, 0.25) is 10.0 Å². The van der Waals surface area contributed by atoms with E-state index in [4.69, 9.17) is 4.74 Å². The Hall–Kier alpha value is -2.51. The van der Waals surface area contributed by atoms with Crippen LogP contribution in [0.25, 0.3) is 0 Å². The van der Waals surface area contributed by atoms with Crippen molar-refractivity contribution in [1.82, 2.24) is 4.72 Å². The third-order valence-corrected chi connectivity index (χ3v) is 7.21. The highest BCUT2D eigenvalue weighted by Gasteiger charge is 2.38. The number of phenolic OH excluding ortho intramolecular Hbond substituents is 1. The minimum Gasteiger partial charge on any atom is -0.504 e. The molecule has 7 heteroatoms. The van der Waals surface area contributed by atoms with Gasteiger partial charge in [-0.25, -0.2) is 13.1 Å². The van der Waals surface area contributed by atoms with E-state index in [9.17, 15) is 13.5 Å². The number of anilines is 1. The van der Waals surface area contributed by atoms with Crippen LogP contribution in [0.3, 0.4) is 0 Å². The molecule has 0 fully saturated rings. The average molecular weight is 415 g/mol. The zero-order valence-electron chi connectivity index (χ0n) is 16.6. The largest absolute Gasteiger partial charge is 0.504 e. The van der Waals surface area contributed by atoms with Gasteiger partial charge in [-0.2, -0.15) is 0 Å². The molecule has 0 aromatic heterocycles. The normalized spacial score (nSPS) is 22.6. The molecule has 0 saturated carbocycles. The van der Waals surface area contributed by atoms with Crippen molar-refractivity contribution in [3.8, 4) is 11.5 Å². The van der Waals surface area contributed by atoms with E-state index in [2.05, 4.69) is 22.2 Å². The second kappa shape index (κ2) is 7.72. The van der Waals surface area contributed by atoms with E-state index in [1.54, 1.807) is 24.3 Å². The number of hydrogen-bond acceptors (Lipinski definition) is 5. The molecule has 3 N–H and O–H groups in total. The summed E-state index contributed by atoms with van der Waals surface area (Å²) < 4.78 is 32.9. The van der Waals surface area contributed by atoms with Crippen LogP contribution in [0, 0.1) is 5.92 Å². The Balaban J connectivity index is 1.70. The van der Waals surface area contributed by atoms with Crippen molar-refractivity contribution in [2.24, 2.45) is 5.92 Å². The van der Waals surface area contributed by atoms with Gasteiger partial charge in [0.05, 0.1) is 18.0 Å². The number of allylic oxidation sites excluding steroid dienone is 2. The summed E-state index contributed by atoms with van der Waals surface area (Å²) in [6.45, 7) is 2.36. The number of sulfonamides is 1. The highest BCUT2D eigenvalue weighted by molar-refractivity contribution is 7.89. The number of benzene rings is 2. The van der Waals surface area contributed by atoms with Crippen molar-refractivity contribution in [3.05, 3.63) is 59.7 Å². The van der Waals surface area contributed by atoms with Gasteiger partial charge in [-0.15, -0.1) is 0 Å². The van der Waals surface area contributed by atoms with Gasteiger partial charge in [0, 0.05) is 18.2 Å². The van der Waals surface area contributed by atoms with Gasteiger partial charge in [0.25, 0.3) is 0 Å². The summed E-state index contributed by atoms with van der Waals surface area (Å²) in [5, 5.41) is 13.8. The Kier molecular flexibility index (Phi) is 5.27. The first-order chi connectivity index (χ1) is 13.9. The first kappa shape index (κ1) is 19.8. The quantitative estimate of drug-likeness (QED) is 0.624. The van der Waals surface area contributed by atoms with Gasteiger partial charge in [-0.05, 0) is 60.2 Å². The molecule has 0 saturated heterocycles. The maximum absolute atomic E-state index is 12.6. The number of rotatable bonds is 6. The molecule has 0 amide bonds. The van der Waals surface area contributed by atoms with Crippen molar-refractivity contribution >= 4 is 15.7 Å². The predicted molar refractivity (Wildman–Crippen MR) is 113 cm³/mol. The molecule has 1 aliphatic heterocycles. The highest BCUT2D eigenvalue weighted by atomic mass is 32.2. The van der Waals surface area contributed by atoms with Gasteiger partial charge >= 0.3 is 0 Å². The lowest BCUT2D eigenvalue weighted by molar-refractivity contribution is 0.371. The number of ether oxygens (including phenoxy) is 1. The third kappa shape index (κ3) is 3.60. The van der Waals surface area contributed by atoms with Crippen molar-refractivity contribution in [1.29, 1.82) is 0 Å². The Labute approximate surface area is 171 Å². The van der Waals surface area contributed by atoms with Crippen LogP contribution < -0.4 is 14.8 Å². The van der Waals surface area contributed by atoms with Gasteiger partial charge in [0.1, 0.15) is 0 Å². The zero-order chi connectivity index (χ0) is 20.6.